The fourth-order valence-electron chi connectivity index (χ4n) is 6.98. The lowest BCUT2D eigenvalue weighted by molar-refractivity contribution is -0.237. The fourth-order valence-corrected chi connectivity index (χ4v) is 6.98. The highest BCUT2D eigenvalue weighted by atomic mass is 19.4. The molecule has 1 aliphatic heterocycles. The highest BCUT2D eigenvalue weighted by molar-refractivity contribution is 5.45. The van der Waals surface area contributed by atoms with Crippen LogP contribution in [0.3, 0.4) is 0 Å². The maximum atomic E-state index is 13.5. The molecule has 0 unspecified atom stereocenters. The molecule has 5 rings (SSSR count). The molecule has 0 bridgehead atoms. The zero-order chi connectivity index (χ0) is 21.5. The van der Waals surface area contributed by atoms with Crippen LogP contribution in [0.1, 0.15) is 67.2 Å². The van der Waals surface area contributed by atoms with Gasteiger partial charge in [-0.2, -0.15) is 26.3 Å². The molecule has 8 heteroatoms. The van der Waals surface area contributed by atoms with Crippen molar-refractivity contribution in [2.45, 2.75) is 69.5 Å². The molecule has 1 aromatic rings. The summed E-state index contributed by atoms with van der Waals surface area (Å²) in [6, 6.07) is 1.55. The first-order chi connectivity index (χ1) is 14.0. The van der Waals surface area contributed by atoms with Crippen molar-refractivity contribution in [3.05, 3.63) is 34.4 Å². The molecule has 0 N–H and O–H groups in total. The molecule has 0 radical (unpaired) electrons. The molecule has 4 aliphatic rings. The highest BCUT2D eigenvalue weighted by Crippen LogP contribution is 2.66. The van der Waals surface area contributed by atoms with Crippen molar-refractivity contribution in [3.8, 4) is 0 Å². The summed E-state index contributed by atoms with van der Waals surface area (Å²) in [4.78, 5) is 0. The first-order valence-corrected chi connectivity index (χ1v) is 10.6. The molecule has 4 atom stereocenters. The lowest BCUT2D eigenvalue weighted by atomic mass is 9.54. The van der Waals surface area contributed by atoms with E-state index in [0.29, 0.717) is 43.6 Å². The summed E-state index contributed by atoms with van der Waals surface area (Å²) in [6.07, 6.45) is -5.99. The van der Waals surface area contributed by atoms with Crippen LogP contribution in [0.15, 0.2) is 12.1 Å². The maximum absolute atomic E-state index is 13.5. The normalized spacial score (nSPS) is 35.2. The molecular weight excluding hydrogens is 410 g/mol. The number of fused-ring (bicyclic) bond motifs is 6. The summed E-state index contributed by atoms with van der Waals surface area (Å²) >= 11 is 0. The van der Waals surface area contributed by atoms with E-state index in [1.54, 1.807) is 0 Å². The van der Waals surface area contributed by atoms with E-state index in [-0.39, 0.29) is 23.2 Å². The molecule has 1 spiro atoms. The summed E-state index contributed by atoms with van der Waals surface area (Å²) in [6.45, 7) is 3.26. The van der Waals surface area contributed by atoms with E-state index in [9.17, 15) is 26.3 Å². The van der Waals surface area contributed by atoms with Gasteiger partial charge in [0.1, 0.15) is 0 Å². The standard InChI is InChI=1S/C22H24F6O2/c1-19-6-4-13-14(16(19)5-7-20(19)29-8-9-30-20)3-2-12-10-17(21(23,24)25)18(11-15(12)13)22(26,27)28/h10-11,13-14,16H,2-9H2,1H3/t13-,14+,16-,19-/m0/s1. The maximum Gasteiger partial charge on any atom is 0.417 e. The summed E-state index contributed by atoms with van der Waals surface area (Å²) in [5, 5.41) is 0. The Balaban J connectivity index is 1.55. The van der Waals surface area contributed by atoms with E-state index in [2.05, 4.69) is 6.92 Å². The second-order valence-electron chi connectivity index (χ2n) is 9.45. The van der Waals surface area contributed by atoms with Crippen molar-refractivity contribution in [2.75, 3.05) is 13.2 Å². The largest absolute Gasteiger partial charge is 0.417 e. The second-order valence-corrected chi connectivity index (χ2v) is 9.45. The molecular formula is C22H24F6O2. The van der Waals surface area contributed by atoms with Gasteiger partial charge >= 0.3 is 12.4 Å². The summed E-state index contributed by atoms with van der Waals surface area (Å²) in [5.74, 6) is -0.382. The summed E-state index contributed by atoms with van der Waals surface area (Å²) in [7, 11) is 0. The highest BCUT2D eigenvalue weighted by Gasteiger charge is 2.65. The Labute approximate surface area is 170 Å². The molecule has 0 amide bonds. The smallest absolute Gasteiger partial charge is 0.347 e. The van der Waals surface area contributed by atoms with Crippen LogP contribution in [0.25, 0.3) is 0 Å². The number of benzene rings is 1. The van der Waals surface area contributed by atoms with Gasteiger partial charge in [0.15, 0.2) is 5.79 Å². The first kappa shape index (κ1) is 20.6. The molecule has 3 fully saturated rings. The van der Waals surface area contributed by atoms with E-state index in [1.165, 1.54) is 0 Å². The van der Waals surface area contributed by atoms with Crippen LogP contribution < -0.4 is 0 Å². The Kier molecular flexibility index (Phi) is 4.38. The van der Waals surface area contributed by atoms with Gasteiger partial charge in [-0.05, 0) is 73.1 Å². The van der Waals surface area contributed by atoms with Gasteiger partial charge in [0.05, 0.1) is 24.3 Å². The number of aryl methyl sites for hydroxylation is 1. The van der Waals surface area contributed by atoms with E-state index in [4.69, 9.17) is 9.47 Å². The van der Waals surface area contributed by atoms with E-state index < -0.39 is 29.3 Å². The Hall–Kier alpha value is -1.28. The first-order valence-electron chi connectivity index (χ1n) is 10.6. The SMILES string of the molecule is C[C@]12CC[C@@H]3c4cc(C(F)(F)F)c(C(F)(F)F)cc4CC[C@H]3[C@@H]1CCC21OCCO1. The summed E-state index contributed by atoms with van der Waals surface area (Å²) in [5.41, 5.74) is -2.46. The molecule has 1 heterocycles. The molecule has 2 saturated carbocycles. The lowest BCUT2D eigenvalue weighted by Crippen LogP contribution is -2.51. The quantitative estimate of drug-likeness (QED) is 0.445. The minimum atomic E-state index is -5.04. The third-order valence-electron chi connectivity index (χ3n) is 8.27. The fraction of sp³-hybridized carbons (Fsp3) is 0.727. The van der Waals surface area contributed by atoms with Crippen LogP contribution in [0.4, 0.5) is 26.3 Å². The van der Waals surface area contributed by atoms with Crippen molar-refractivity contribution >= 4 is 0 Å². The third-order valence-corrected chi connectivity index (χ3v) is 8.27. The molecule has 3 aliphatic carbocycles. The lowest BCUT2D eigenvalue weighted by Gasteiger charge is -2.52. The van der Waals surface area contributed by atoms with Gasteiger partial charge in [-0.3, -0.25) is 0 Å². The van der Waals surface area contributed by atoms with E-state index in [1.807, 2.05) is 0 Å². The monoisotopic (exact) mass is 434 g/mol. The van der Waals surface area contributed by atoms with Crippen molar-refractivity contribution in [1.82, 2.24) is 0 Å². The number of halogens is 6. The average Bonchev–Trinajstić information content (AvgIpc) is 3.25. The van der Waals surface area contributed by atoms with Crippen LogP contribution in [0, 0.1) is 17.3 Å². The van der Waals surface area contributed by atoms with Crippen LogP contribution in [0.5, 0.6) is 0 Å². The van der Waals surface area contributed by atoms with Crippen molar-refractivity contribution in [2.24, 2.45) is 17.3 Å². The number of hydrogen-bond donors (Lipinski definition) is 0. The minimum Gasteiger partial charge on any atom is -0.347 e. The van der Waals surface area contributed by atoms with Gasteiger partial charge in [0.25, 0.3) is 0 Å². The zero-order valence-corrected chi connectivity index (χ0v) is 16.6. The van der Waals surface area contributed by atoms with Gasteiger partial charge in [-0.25, -0.2) is 0 Å². The Morgan fingerprint density at radius 3 is 2.13 bits per heavy atom. The molecule has 2 nitrogen and oxygen atoms in total. The van der Waals surface area contributed by atoms with Crippen LogP contribution >= 0.6 is 0 Å². The molecule has 166 valence electrons. The third kappa shape index (κ3) is 2.78. The average molecular weight is 434 g/mol. The Bertz CT molecular complexity index is 854. The molecule has 1 saturated heterocycles. The molecule has 1 aromatic carbocycles. The van der Waals surface area contributed by atoms with Crippen LogP contribution in [-0.4, -0.2) is 19.0 Å². The predicted octanol–water partition coefficient (Wildman–Crippen LogP) is 6.32. The molecule has 0 aromatic heterocycles. The van der Waals surface area contributed by atoms with E-state index in [0.717, 1.165) is 31.4 Å². The van der Waals surface area contributed by atoms with Gasteiger partial charge in [-0.15, -0.1) is 0 Å². The van der Waals surface area contributed by atoms with Crippen LogP contribution in [-0.2, 0) is 28.2 Å². The summed E-state index contributed by atoms with van der Waals surface area (Å²) < 4.78 is 92.7. The van der Waals surface area contributed by atoms with Crippen molar-refractivity contribution < 1.29 is 35.8 Å². The van der Waals surface area contributed by atoms with Gasteiger partial charge in [0, 0.05) is 11.8 Å². The van der Waals surface area contributed by atoms with Gasteiger partial charge < -0.3 is 9.47 Å². The number of alkyl halides is 6. The van der Waals surface area contributed by atoms with Gasteiger partial charge in [-0.1, -0.05) is 6.92 Å². The zero-order valence-electron chi connectivity index (χ0n) is 16.6. The van der Waals surface area contributed by atoms with Crippen molar-refractivity contribution in [1.29, 1.82) is 0 Å². The predicted molar refractivity (Wildman–Crippen MR) is 95.7 cm³/mol. The Morgan fingerprint density at radius 2 is 1.50 bits per heavy atom. The van der Waals surface area contributed by atoms with E-state index >= 15 is 0 Å². The van der Waals surface area contributed by atoms with Crippen molar-refractivity contribution in [3.63, 3.8) is 0 Å². The number of hydrogen-bond acceptors (Lipinski definition) is 2. The molecule has 30 heavy (non-hydrogen) atoms. The second kappa shape index (κ2) is 6.37. The topological polar surface area (TPSA) is 18.5 Å². The van der Waals surface area contributed by atoms with Gasteiger partial charge in [0.2, 0.25) is 0 Å². The van der Waals surface area contributed by atoms with Crippen LogP contribution in [0.2, 0.25) is 0 Å². The number of ether oxygens (including phenoxy) is 2. The number of rotatable bonds is 0. The minimum absolute atomic E-state index is 0.140. The Morgan fingerprint density at radius 1 is 0.867 bits per heavy atom.